The van der Waals surface area contributed by atoms with Crippen LogP contribution in [-0.4, -0.2) is 95.2 Å². The predicted octanol–water partition coefficient (Wildman–Crippen LogP) is 2.37. The molecule has 11 heteroatoms. The van der Waals surface area contributed by atoms with Gasteiger partial charge in [0, 0.05) is 70.1 Å². The van der Waals surface area contributed by atoms with Gasteiger partial charge in [-0.1, -0.05) is 18.2 Å². The van der Waals surface area contributed by atoms with Crippen molar-refractivity contribution in [3.05, 3.63) is 47.9 Å². The van der Waals surface area contributed by atoms with E-state index in [1.54, 1.807) is 29.9 Å². The molecule has 6 rings (SSSR count). The van der Waals surface area contributed by atoms with Gasteiger partial charge in [0.2, 0.25) is 15.9 Å². The first-order chi connectivity index (χ1) is 18.8. The van der Waals surface area contributed by atoms with E-state index in [-0.39, 0.29) is 16.7 Å². The van der Waals surface area contributed by atoms with Crippen LogP contribution < -0.4 is 4.90 Å². The van der Waals surface area contributed by atoms with E-state index < -0.39 is 16.2 Å². The molecule has 0 aliphatic carbocycles. The van der Waals surface area contributed by atoms with E-state index in [1.807, 2.05) is 29.3 Å². The SMILES string of the molecule is Cc1nn(C)c(C)c1S(=O)(=O)N1CCC(C(=O)N2CCCC2)[C@@H]1N1CCN(c2ccnc3ccccc23)CC1. The van der Waals surface area contributed by atoms with Gasteiger partial charge < -0.3 is 9.80 Å². The minimum atomic E-state index is -3.85. The molecule has 0 bridgehead atoms. The summed E-state index contributed by atoms with van der Waals surface area (Å²) in [5.74, 6) is -0.277. The molecule has 0 N–H and O–H groups in total. The standard InChI is InChI=1S/C28H37N7O3S/c1-20-26(21(2)31(3)30-20)39(37,38)35-15-11-23(28(36)34-13-6-7-14-34)27(35)33-18-16-32(17-19-33)25-10-12-29-24-9-5-4-8-22(24)25/h4-5,8-10,12,23,27H,6-7,11,13-19H2,1-3H3/t23?,27-/m1/s1. The average Bonchev–Trinajstić information content (AvgIpc) is 3.68. The number of amides is 1. The van der Waals surface area contributed by atoms with E-state index >= 15 is 0 Å². The largest absolute Gasteiger partial charge is 0.368 e. The van der Waals surface area contributed by atoms with E-state index in [1.165, 1.54) is 0 Å². The van der Waals surface area contributed by atoms with Crippen LogP contribution in [0.3, 0.4) is 0 Å². The summed E-state index contributed by atoms with van der Waals surface area (Å²) in [6.07, 6.45) is 3.90. The Labute approximate surface area is 230 Å². The van der Waals surface area contributed by atoms with E-state index in [0.29, 0.717) is 37.4 Å². The maximum atomic E-state index is 14.2. The van der Waals surface area contributed by atoms with E-state index in [9.17, 15) is 13.2 Å². The first kappa shape index (κ1) is 26.2. The van der Waals surface area contributed by atoms with Crippen LogP contribution in [0.1, 0.15) is 30.7 Å². The number of hydrogen-bond donors (Lipinski definition) is 0. The molecule has 3 aliphatic heterocycles. The van der Waals surface area contributed by atoms with Crippen molar-refractivity contribution >= 4 is 32.5 Å². The maximum absolute atomic E-state index is 14.2. The number of likely N-dealkylation sites (tertiary alicyclic amines) is 1. The molecule has 1 unspecified atom stereocenters. The number of pyridine rings is 1. The fourth-order valence-corrected chi connectivity index (χ4v) is 8.76. The van der Waals surface area contributed by atoms with Gasteiger partial charge in [0.1, 0.15) is 4.90 Å². The number of piperazine rings is 1. The highest BCUT2D eigenvalue weighted by Crippen LogP contribution is 2.37. The molecule has 0 saturated carbocycles. The lowest BCUT2D eigenvalue weighted by molar-refractivity contribution is -0.137. The lowest BCUT2D eigenvalue weighted by Gasteiger charge is -2.43. The van der Waals surface area contributed by atoms with Crippen LogP contribution >= 0.6 is 0 Å². The molecular weight excluding hydrogens is 514 g/mol. The number of rotatable bonds is 5. The second-order valence-electron chi connectivity index (χ2n) is 11.0. The zero-order chi connectivity index (χ0) is 27.3. The highest BCUT2D eigenvalue weighted by molar-refractivity contribution is 7.89. The fraction of sp³-hybridized carbons (Fsp3) is 0.536. The number of aromatic nitrogens is 3. The zero-order valence-corrected chi connectivity index (χ0v) is 23.8. The average molecular weight is 552 g/mol. The summed E-state index contributed by atoms with van der Waals surface area (Å²) in [5.41, 5.74) is 3.22. The van der Waals surface area contributed by atoms with Crippen LogP contribution in [0.5, 0.6) is 0 Å². The van der Waals surface area contributed by atoms with Crippen LogP contribution in [0.4, 0.5) is 5.69 Å². The molecule has 1 amide bonds. The van der Waals surface area contributed by atoms with Gasteiger partial charge in [0.15, 0.2) is 0 Å². The number of aryl methyl sites for hydroxylation is 2. The number of carbonyl (C=O) groups is 1. The molecule has 0 radical (unpaired) electrons. The number of benzene rings is 1. The van der Waals surface area contributed by atoms with Crippen LogP contribution in [0.15, 0.2) is 41.4 Å². The molecule has 0 spiro atoms. The molecule has 2 aromatic heterocycles. The van der Waals surface area contributed by atoms with Gasteiger partial charge in [-0.2, -0.15) is 9.40 Å². The summed E-state index contributed by atoms with van der Waals surface area (Å²) in [7, 11) is -2.08. The Hall–Kier alpha value is -3.02. The van der Waals surface area contributed by atoms with Crippen molar-refractivity contribution in [1.29, 1.82) is 0 Å². The van der Waals surface area contributed by atoms with Gasteiger partial charge in [-0.05, 0) is 45.2 Å². The number of fused-ring (bicyclic) bond motifs is 1. The molecule has 2 atom stereocenters. The number of anilines is 1. The van der Waals surface area contributed by atoms with Gasteiger partial charge in [-0.15, -0.1) is 0 Å². The Morgan fingerprint density at radius 1 is 0.949 bits per heavy atom. The van der Waals surface area contributed by atoms with Gasteiger partial charge >= 0.3 is 0 Å². The summed E-state index contributed by atoms with van der Waals surface area (Å²) in [6, 6.07) is 10.2. The Morgan fingerprint density at radius 2 is 1.67 bits per heavy atom. The number of carbonyl (C=O) groups excluding carboxylic acids is 1. The summed E-state index contributed by atoms with van der Waals surface area (Å²) in [5, 5.41) is 5.50. The first-order valence-corrected chi connectivity index (χ1v) is 15.3. The predicted molar refractivity (Wildman–Crippen MR) is 150 cm³/mol. The molecule has 3 aliphatic rings. The van der Waals surface area contributed by atoms with E-state index in [4.69, 9.17) is 0 Å². The summed E-state index contributed by atoms with van der Waals surface area (Å²) in [6.45, 7) is 8.22. The molecule has 10 nitrogen and oxygen atoms in total. The van der Waals surface area contributed by atoms with E-state index in [0.717, 1.165) is 55.6 Å². The summed E-state index contributed by atoms with van der Waals surface area (Å²) in [4.78, 5) is 25.0. The van der Waals surface area contributed by atoms with Crippen molar-refractivity contribution in [1.82, 2.24) is 28.9 Å². The van der Waals surface area contributed by atoms with Crippen molar-refractivity contribution in [3.63, 3.8) is 0 Å². The Balaban J connectivity index is 1.30. The van der Waals surface area contributed by atoms with Gasteiger partial charge in [-0.25, -0.2) is 8.42 Å². The fourth-order valence-electron chi connectivity index (χ4n) is 6.70. The Kier molecular flexibility index (Phi) is 6.84. The molecule has 3 fully saturated rings. The topological polar surface area (TPSA) is 94.9 Å². The second kappa shape index (κ2) is 10.2. The van der Waals surface area contributed by atoms with Crippen molar-refractivity contribution in [2.24, 2.45) is 13.0 Å². The summed E-state index contributed by atoms with van der Waals surface area (Å²) < 4.78 is 31.6. The highest BCUT2D eigenvalue weighted by Gasteiger charge is 2.50. The third kappa shape index (κ3) is 4.50. The third-order valence-electron chi connectivity index (χ3n) is 8.71. The highest BCUT2D eigenvalue weighted by atomic mass is 32.2. The third-order valence-corrected chi connectivity index (χ3v) is 10.8. The normalized spacial score (nSPS) is 23.3. The van der Waals surface area contributed by atoms with Crippen molar-refractivity contribution in [2.45, 2.75) is 44.2 Å². The summed E-state index contributed by atoms with van der Waals surface area (Å²) >= 11 is 0. The van der Waals surface area contributed by atoms with Gasteiger partial charge in [0.25, 0.3) is 0 Å². The molecule has 3 saturated heterocycles. The van der Waals surface area contributed by atoms with Gasteiger partial charge in [-0.3, -0.25) is 19.4 Å². The zero-order valence-electron chi connectivity index (χ0n) is 23.0. The van der Waals surface area contributed by atoms with Crippen molar-refractivity contribution in [2.75, 3.05) is 50.7 Å². The maximum Gasteiger partial charge on any atom is 0.248 e. The number of hydrogen-bond acceptors (Lipinski definition) is 7. The quantitative estimate of drug-likeness (QED) is 0.481. The molecule has 5 heterocycles. The molecular formula is C28H37N7O3S. The lowest BCUT2D eigenvalue weighted by Crippen LogP contribution is -2.58. The number of para-hydroxylation sites is 1. The number of nitrogens with zero attached hydrogens (tertiary/aromatic N) is 7. The van der Waals surface area contributed by atoms with Gasteiger partial charge in [0.05, 0.1) is 29.0 Å². The molecule has 208 valence electrons. The first-order valence-electron chi connectivity index (χ1n) is 13.9. The molecule has 3 aromatic rings. The van der Waals surface area contributed by atoms with E-state index in [2.05, 4.69) is 32.0 Å². The van der Waals surface area contributed by atoms with Crippen LogP contribution in [0, 0.1) is 19.8 Å². The second-order valence-corrected chi connectivity index (χ2v) is 12.8. The number of sulfonamides is 1. The van der Waals surface area contributed by atoms with Crippen molar-refractivity contribution < 1.29 is 13.2 Å². The minimum absolute atomic E-state index is 0.0948. The van der Waals surface area contributed by atoms with Crippen molar-refractivity contribution in [3.8, 4) is 0 Å². The smallest absolute Gasteiger partial charge is 0.248 e. The minimum Gasteiger partial charge on any atom is -0.368 e. The van der Waals surface area contributed by atoms with Crippen LogP contribution in [-0.2, 0) is 21.9 Å². The van der Waals surface area contributed by atoms with Crippen LogP contribution in [0.25, 0.3) is 10.9 Å². The molecule has 39 heavy (non-hydrogen) atoms. The Morgan fingerprint density at radius 3 is 2.36 bits per heavy atom. The van der Waals surface area contributed by atoms with Crippen LogP contribution in [0.2, 0.25) is 0 Å². The lowest BCUT2D eigenvalue weighted by atomic mass is 10.0. The monoisotopic (exact) mass is 551 g/mol. The Bertz CT molecular complexity index is 1480. The molecule has 1 aromatic carbocycles.